The number of para-hydroxylation sites is 1. The maximum atomic E-state index is 13.6. The molecule has 3 atom stereocenters. The number of carbonyl (C=O) groups is 4. The first-order chi connectivity index (χ1) is 20.6. The summed E-state index contributed by atoms with van der Waals surface area (Å²) in [5.41, 5.74) is 1.11. The van der Waals surface area contributed by atoms with Gasteiger partial charge < -0.3 is 24.8 Å². The molecule has 3 amide bonds. The quantitative estimate of drug-likeness (QED) is 0.302. The molecule has 2 N–H and O–H groups in total. The largest absolute Gasteiger partial charge is 0.413 e. The van der Waals surface area contributed by atoms with Crippen molar-refractivity contribution in [2.75, 3.05) is 6.54 Å². The molecule has 0 spiro atoms. The zero-order valence-electron chi connectivity index (χ0n) is 25.0. The van der Waals surface area contributed by atoms with Crippen LogP contribution < -0.4 is 15.4 Å². The number of ether oxygens (including phenoxy) is 1. The van der Waals surface area contributed by atoms with Crippen LogP contribution in [0.2, 0.25) is 0 Å². The van der Waals surface area contributed by atoms with Crippen molar-refractivity contribution in [2.24, 2.45) is 11.8 Å². The summed E-state index contributed by atoms with van der Waals surface area (Å²) in [7, 11) is 0. The number of aryl methyl sites for hydroxylation is 2. The van der Waals surface area contributed by atoms with Crippen LogP contribution >= 0.6 is 0 Å². The molecule has 1 aliphatic heterocycles. The Morgan fingerprint density at radius 2 is 1.56 bits per heavy atom. The van der Waals surface area contributed by atoms with Crippen LogP contribution in [-0.4, -0.2) is 63.4 Å². The van der Waals surface area contributed by atoms with Gasteiger partial charge in [0.25, 0.3) is 0 Å². The van der Waals surface area contributed by atoms with E-state index in [1.807, 2.05) is 58.0 Å². The summed E-state index contributed by atoms with van der Waals surface area (Å²) in [6, 6.07) is 15.8. The number of nitrogens with zero attached hydrogens (tertiary/aromatic N) is 3. The minimum atomic E-state index is -0.913. The summed E-state index contributed by atoms with van der Waals surface area (Å²) in [5.74, 6) is -1.23. The van der Waals surface area contributed by atoms with Crippen LogP contribution in [0.1, 0.15) is 62.6 Å². The SMILES string of the molecule is CC(C)[C@H](NC(=O)Oc1ccccc1)C(=O)N1CCC[C@H]1C(=O)N[C@@H](C(=O)c1noc(CCc2ccccc2)n1)C(C)C. The second-order valence-electron chi connectivity index (χ2n) is 11.4. The number of Topliss-reactive ketones (excluding diaryl/α,β-unsaturated/α-hetero) is 1. The molecule has 1 saturated heterocycles. The number of amides is 3. The topological polar surface area (TPSA) is 144 Å². The third kappa shape index (κ3) is 8.27. The highest BCUT2D eigenvalue weighted by Crippen LogP contribution is 2.22. The van der Waals surface area contributed by atoms with Gasteiger partial charge in [-0.2, -0.15) is 4.98 Å². The van der Waals surface area contributed by atoms with E-state index in [2.05, 4.69) is 20.8 Å². The van der Waals surface area contributed by atoms with Gasteiger partial charge in [-0.3, -0.25) is 14.4 Å². The van der Waals surface area contributed by atoms with Gasteiger partial charge in [0.2, 0.25) is 29.3 Å². The van der Waals surface area contributed by atoms with Crippen LogP contribution in [0.15, 0.2) is 65.2 Å². The maximum Gasteiger partial charge on any atom is 0.413 e. The minimum Gasteiger partial charge on any atom is -0.410 e. The number of benzene rings is 2. The van der Waals surface area contributed by atoms with Gasteiger partial charge in [-0.1, -0.05) is 81.4 Å². The van der Waals surface area contributed by atoms with E-state index in [4.69, 9.17) is 9.26 Å². The van der Waals surface area contributed by atoms with Crippen molar-refractivity contribution in [3.05, 3.63) is 77.9 Å². The highest BCUT2D eigenvalue weighted by Gasteiger charge is 2.40. The fraction of sp³-hybridized carbons (Fsp3) is 0.438. The van der Waals surface area contributed by atoms with E-state index in [-0.39, 0.29) is 23.6 Å². The predicted octanol–water partition coefficient (Wildman–Crippen LogP) is 3.98. The molecule has 0 radical (unpaired) electrons. The summed E-state index contributed by atoms with van der Waals surface area (Å²) >= 11 is 0. The average Bonchev–Trinajstić information content (AvgIpc) is 3.68. The lowest BCUT2D eigenvalue weighted by molar-refractivity contribution is -0.140. The first-order valence-electron chi connectivity index (χ1n) is 14.7. The molecule has 0 saturated carbocycles. The molecular formula is C32H39N5O6. The molecule has 11 nitrogen and oxygen atoms in total. The van der Waals surface area contributed by atoms with Crippen LogP contribution in [0.25, 0.3) is 0 Å². The summed E-state index contributed by atoms with van der Waals surface area (Å²) in [6.07, 6.45) is 1.45. The van der Waals surface area contributed by atoms with Gasteiger partial charge >= 0.3 is 6.09 Å². The van der Waals surface area contributed by atoms with Crippen molar-refractivity contribution in [3.63, 3.8) is 0 Å². The molecule has 2 heterocycles. The number of hydrogen-bond acceptors (Lipinski definition) is 8. The number of nitrogens with one attached hydrogen (secondary N) is 2. The van der Waals surface area contributed by atoms with E-state index < -0.39 is 35.9 Å². The Bertz CT molecular complexity index is 1390. The zero-order valence-corrected chi connectivity index (χ0v) is 25.0. The van der Waals surface area contributed by atoms with Crippen molar-refractivity contribution in [3.8, 4) is 5.75 Å². The molecule has 2 aromatic carbocycles. The number of aromatic nitrogens is 2. The van der Waals surface area contributed by atoms with E-state index in [0.717, 1.165) is 5.56 Å². The average molecular weight is 590 g/mol. The Balaban J connectivity index is 1.39. The molecule has 1 aliphatic rings. The smallest absolute Gasteiger partial charge is 0.410 e. The van der Waals surface area contributed by atoms with E-state index in [9.17, 15) is 19.2 Å². The first kappa shape index (κ1) is 31.4. The van der Waals surface area contributed by atoms with Crippen molar-refractivity contribution >= 4 is 23.7 Å². The summed E-state index contributed by atoms with van der Waals surface area (Å²) in [4.78, 5) is 58.8. The van der Waals surface area contributed by atoms with Crippen molar-refractivity contribution in [2.45, 2.75) is 71.5 Å². The maximum absolute atomic E-state index is 13.6. The van der Waals surface area contributed by atoms with Gasteiger partial charge in [-0.25, -0.2) is 4.79 Å². The fourth-order valence-electron chi connectivity index (χ4n) is 5.02. The van der Waals surface area contributed by atoms with Gasteiger partial charge in [0, 0.05) is 13.0 Å². The standard InChI is InChI=1S/C32H39N5O6/c1-20(2)26(28(38)29-33-25(43-36-29)18-17-22-12-7-5-8-13-22)34-30(39)24-16-11-19-37(24)31(40)27(21(3)4)35-32(41)42-23-14-9-6-10-15-23/h5-10,12-15,20-21,24,26-27H,11,16-19H2,1-4H3,(H,34,39)(H,35,41)/t24-,26+,27-/m0/s1. The van der Waals surface area contributed by atoms with E-state index >= 15 is 0 Å². The monoisotopic (exact) mass is 589 g/mol. The van der Waals surface area contributed by atoms with E-state index in [0.29, 0.717) is 43.9 Å². The summed E-state index contributed by atoms with van der Waals surface area (Å²) in [6.45, 7) is 7.60. The van der Waals surface area contributed by atoms with Gasteiger partial charge in [0.15, 0.2) is 0 Å². The number of ketones is 1. The number of rotatable bonds is 12. The Kier molecular flexibility index (Phi) is 10.6. The molecule has 0 unspecified atom stereocenters. The van der Waals surface area contributed by atoms with Gasteiger partial charge in [0.05, 0.1) is 6.04 Å². The van der Waals surface area contributed by atoms with Crippen molar-refractivity contribution in [1.82, 2.24) is 25.7 Å². The summed E-state index contributed by atoms with van der Waals surface area (Å²) in [5, 5.41) is 9.37. The Morgan fingerprint density at radius 1 is 0.907 bits per heavy atom. The van der Waals surface area contributed by atoms with Gasteiger partial charge in [-0.05, 0) is 48.8 Å². The third-order valence-electron chi connectivity index (χ3n) is 7.40. The lowest BCUT2D eigenvalue weighted by Crippen LogP contribution is -2.57. The minimum absolute atomic E-state index is 0.0950. The second kappa shape index (κ2) is 14.6. The van der Waals surface area contributed by atoms with Crippen LogP contribution in [0.3, 0.4) is 0 Å². The number of likely N-dealkylation sites (tertiary alicyclic amines) is 1. The first-order valence-corrected chi connectivity index (χ1v) is 14.7. The van der Waals surface area contributed by atoms with Crippen molar-refractivity contribution < 1.29 is 28.4 Å². The highest BCUT2D eigenvalue weighted by atomic mass is 16.6. The van der Waals surface area contributed by atoms with Crippen LogP contribution in [0.5, 0.6) is 5.75 Å². The normalized spacial score (nSPS) is 16.1. The summed E-state index contributed by atoms with van der Waals surface area (Å²) < 4.78 is 10.6. The van der Waals surface area contributed by atoms with E-state index in [1.54, 1.807) is 30.3 Å². The molecule has 4 rings (SSSR count). The predicted molar refractivity (Wildman–Crippen MR) is 158 cm³/mol. The molecular weight excluding hydrogens is 550 g/mol. The Hall–Kier alpha value is -4.54. The van der Waals surface area contributed by atoms with Crippen molar-refractivity contribution in [1.29, 1.82) is 0 Å². The lowest BCUT2D eigenvalue weighted by Gasteiger charge is -2.31. The lowest BCUT2D eigenvalue weighted by atomic mass is 9.98. The molecule has 0 bridgehead atoms. The fourth-order valence-corrected chi connectivity index (χ4v) is 5.02. The van der Waals surface area contributed by atoms with Crippen LogP contribution in [-0.2, 0) is 22.4 Å². The van der Waals surface area contributed by atoms with Crippen LogP contribution in [0, 0.1) is 11.8 Å². The third-order valence-corrected chi connectivity index (χ3v) is 7.40. The molecule has 11 heteroatoms. The molecule has 1 aromatic heterocycles. The van der Waals surface area contributed by atoms with E-state index in [1.165, 1.54) is 4.90 Å². The number of hydrogen-bond donors (Lipinski definition) is 2. The number of carbonyl (C=O) groups excluding carboxylic acids is 4. The molecule has 43 heavy (non-hydrogen) atoms. The Morgan fingerprint density at radius 3 is 2.21 bits per heavy atom. The second-order valence-corrected chi connectivity index (χ2v) is 11.4. The molecule has 3 aromatic rings. The van der Waals surface area contributed by atoms with Gasteiger partial charge in [0.1, 0.15) is 17.8 Å². The Labute approximate surface area is 251 Å². The zero-order chi connectivity index (χ0) is 30.9. The highest BCUT2D eigenvalue weighted by molar-refractivity contribution is 6.00. The van der Waals surface area contributed by atoms with Gasteiger partial charge in [-0.15, -0.1) is 0 Å². The molecule has 1 fully saturated rings. The molecule has 228 valence electrons. The molecule has 0 aliphatic carbocycles. The van der Waals surface area contributed by atoms with Crippen LogP contribution in [0.4, 0.5) is 4.79 Å².